The van der Waals surface area contributed by atoms with E-state index in [2.05, 4.69) is 17.0 Å². The van der Waals surface area contributed by atoms with Crippen LogP contribution in [0.1, 0.15) is 25.6 Å². The topological polar surface area (TPSA) is 56.7 Å². The van der Waals surface area contributed by atoms with Crippen molar-refractivity contribution >= 4 is 5.95 Å². The van der Waals surface area contributed by atoms with Gasteiger partial charge in [0.1, 0.15) is 5.82 Å². The Morgan fingerprint density at radius 3 is 2.73 bits per heavy atom. The zero-order valence-electron chi connectivity index (χ0n) is 7.04. The first kappa shape index (κ1) is 8.04. The molecule has 0 aromatic carbocycles. The molecule has 4 nitrogen and oxygen atoms in total. The van der Waals surface area contributed by atoms with Gasteiger partial charge in [0.25, 0.3) is 0 Å². The Hall–Kier alpha value is -1.06. The summed E-state index contributed by atoms with van der Waals surface area (Å²) in [7, 11) is 0. The van der Waals surface area contributed by atoms with Crippen LogP contribution in [0, 0.1) is 6.92 Å². The van der Waals surface area contributed by atoms with Crippen molar-refractivity contribution in [3.63, 3.8) is 0 Å². The molecule has 1 aromatic heterocycles. The number of unbranched alkanes of at least 4 members (excludes halogenated alkanes) is 1. The molecule has 0 spiro atoms. The molecule has 4 heteroatoms. The second-order valence-corrected chi connectivity index (χ2v) is 2.59. The van der Waals surface area contributed by atoms with Gasteiger partial charge >= 0.3 is 0 Å². The molecule has 0 saturated carbocycles. The number of nitrogen functional groups attached to an aromatic ring is 1. The van der Waals surface area contributed by atoms with Crippen molar-refractivity contribution in [3.8, 4) is 0 Å². The molecule has 62 valence electrons. The van der Waals surface area contributed by atoms with E-state index in [-0.39, 0.29) is 0 Å². The van der Waals surface area contributed by atoms with Crippen LogP contribution >= 0.6 is 0 Å². The fourth-order valence-electron chi connectivity index (χ4n) is 0.944. The van der Waals surface area contributed by atoms with Gasteiger partial charge in [0.15, 0.2) is 0 Å². The average molecular weight is 154 g/mol. The Kier molecular flexibility index (Phi) is 2.46. The maximum Gasteiger partial charge on any atom is 0.218 e. The van der Waals surface area contributed by atoms with Crippen LogP contribution in [-0.4, -0.2) is 14.8 Å². The molecule has 0 aliphatic rings. The second-order valence-electron chi connectivity index (χ2n) is 2.59. The molecule has 0 radical (unpaired) electrons. The molecule has 0 bridgehead atoms. The van der Waals surface area contributed by atoms with Gasteiger partial charge < -0.3 is 5.73 Å². The van der Waals surface area contributed by atoms with Crippen LogP contribution in [-0.2, 0) is 6.54 Å². The van der Waals surface area contributed by atoms with Crippen molar-refractivity contribution in [1.82, 2.24) is 14.8 Å². The maximum atomic E-state index is 5.57. The predicted octanol–water partition coefficient (Wildman–Crippen LogP) is 0.969. The van der Waals surface area contributed by atoms with Crippen molar-refractivity contribution in [2.45, 2.75) is 33.2 Å². The third-order valence-electron chi connectivity index (χ3n) is 1.53. The summed E-state index contributed by atoms with van der Waals surface area (Å²) >= 11 is 0. The Morgan fingerprint density at radius 1 is 1.55 bits per heavy atom. The molecule has 0 amide bonds. The first-order chi connectivity index (χ1) is 5.24. The zero-order valence-corrected chi connectivity index (χ0v) is 7.04. The highest BCUT2D eigenvalue weighted by molar-refractivity contribution is 5.15. The first-order valence-corrected chi connectivity index (χ1v) is 3.91. The monoisotopic (exact) mass is 154 g/mol. The van der Waals surface area contributed by atoms with E-state index in [9.17, 15) is 0 Å². The largest absolute Gasteiger partial charge is 0.368 e. The van der Waals surface area contributed by atoms with Crippen molar-refractivity contribution in [2.75, 3.05) is 5.73 Å². The number of aryl methyl sites for hydroxylation is 2. The van der Waals surface area contributed by atoms with Gasteiger partial charge in [0.05, 0.1) is 0 Å². The molecule has 0 aliphatic carbocycles. The van der Waals surface area contributed by atoms with Gasteiger partial charge in [-0.3, -0.25) is 0 Å². The molecule has 2 N–H and O–H groups in total. The lowest BCUT2D eigenvalue weighted by Crippen LogP contribution is -2.04. The van der Waals surface area contributed by atoms with Crippen molar-refractivity contribution in [1.29, 1.82) is 0 Å². The highest BCUT2D eigenvalue weighted by Crippen LogP contribution is 2.01. The fraction of sp³-hybridized carbons (Fsp3) is 0.714. The third kappa shape index (κ3) is 1.93. The van der Waals surface area contributed by atoms with E-state index in [0.29, 0.717) is 5.95 Å². The van der Waals surface area contributed by atoms with Crippen molar-refractivity contribution < 1.29 is 0 Å². The van der Waals surface area contributed by atoms with E-state index in [4.69, 9.17) is 5.73 Å². The van der Waals surface area contributed by atoms with Gasteiger partial charge in [-0.1, -0.05) is 13.3 Å². The van der Waals surface area contributed by atoms with Crippen LogP contribution in [0.25, 0.3) is 0 Å². The SMILES string of the molecule is CCCCn1nc(C)nc1N. The lowest BCUT2D eigenvalue weighted by atomic mass is 10.3. The van der Waals surface area contributed by atoms with Crippen molar-refractivity contribution in [2.24, 2.45) is 0 Å². The lowest BCUT2D eigenvalue weighted by molar-refractivity contribution is 0.575. The van der Waals surface area contributed by atoms with E-state index < -0.39 is 0 Å². The normalized spacial score (nSPS) is 10.4. The van der Waals surface area contributed by atoms with E-state index in [1.807, 2.05) is 6.92 Å². The van der Waals surface area contributed by atoms with Crippen LogP contribution in [0.3, 0.4) is 0 Å². The van der Waals surface area contributed by atoms with Gasteiger partial charge in [-0.05, 0) is 13.3 Å². The summed E-state index contributed by atoms with van der Waals surface area (Å²) in [5, 5.41) is 4.13. The fourth-order valence-corrected chi connectivity index (χ4v) is 0.944. The number of aromatic nitrogens is 3. The van der Waals surface area contributed by atoms with Crippen LogP contribution in [0.4, 0.5) is 5.95 Å². The number of anilines is 1. The summed E-state index contributed by atoms with van der Waals surface area (Å²) in [5.74, 6) is 1.27. The molecule has 0 fully saturated rings. The Balaban J connectivity index is 2.62. The molecule has 1 heterocycles. The molecular formula is C7H14N4. The Morgan fingerprint density at radius 2 is 2.27 bits per heavy atom. The molecule has 1 aromatic rings. The number of hydrogen-bond acceptors (Lipinski definition) is 3. The molecule has 0 unspecified atom stereocenters. The highest BCUT2D eigenvalue weighted by atomic mass is 15.4. The third-order valence-corrected chi connectivity index (χ3v) is 1.53. The van der Waals surface area contributed by atoms with E-state index in [1.54, 1.807) is 4.68 Å². The predicted molar refractivity (Wildman–Crippen MR) is 44.1 cm³/mol. The zero-order chi connectivity index (χ0) is 8.27. The van der Waals surface area contributed by atoms with Gasteiger partial charge in [-0.2, -0.15) is 10.1 Å². The summed E-state index contributed by atoms with van der Waals surface area (Å²) in [6.07, 6.45) is 2.26. The minimum atomic E-state index is 0.524. The van der Waals surface area contributed by atoms with Crippen LogP contribution in [0.15, 0.2) is 0 Å². The van der Waals surface area contributed by atoms with E-state index in [0.717, 1.165) is 25.2 Å². The van der Waals surface area contributed by atoms with Crippen LogP contribution < -0.4 is 5.73 Å². The number of nitrogens with two attached hydrogens (primary N) is 1. The molecule has 0 atom stereocenters. The Labute approximate surface area is 66.4 Å². The molecule has 0 saturated heterocycles. The summed E-state index contributed by atoms with van der Waals surface area (Å²) in [6, 6.07) is 0. The summed E-state index contributed by atoms with van der Waals surface area (Å²) in [6.45, 7) is 4.86. The molecular weight excluding hydrogens is 140 g/mol. The van der Waals surface area contributed by atoms with Crippen LogP contribution in [0.2, 0.25) is 0 Å². The highest BCUT2D eigenvalue weighted by Gasteiger charge is 2.00. The van der Waals surface area contributed by atoms with Crippen molar-refractivity contribution in [3.05, 3.63) is 5.82 Å². The maximum absolute atomic E-state index is 5.57. The number of hydrogen-bond donors (Lipinski definition) is 1. The van der Waals surface area contributed by atoms with Gasteiger partial charge in [0.2, 0.25) is 5.95 Å². The van der Waals surface area contributed by atoms with E-state index in [1.165, 1.54) is 0 Å². The number of nitrogens with zero attached hydrogens (tertiary/aromatic N) is 3. The minimum Gasteiger partial charge on any atom is -0.368 e. The first-order valence-electron chi connectivity index (χ1n) is 3.91. The molecule has 1 rings (SSSR count). The second kappa shape index (κ2) is 3.37. The summed E-state index contributed by atoms with van der Waals surface area (Å²) in [5.41, 5.74) is 5.57. The molecule has 11 heavy (non-hydrogen) atoms. The summed E-state index contributed by atoms with van der Waals surface area (Å²) < 4.78 is 1.75. The summed E-state index contributed by atoms with van der Waals surface area (Å²) in [4.78, 5) is 3.99. The minimum absolute atomic E-state index is 0.524. The lowest BCUT2D eigenvalue weighted by Gasteiger charge is -1.98. The smallest absolute Gasteiger partial charge is 0.218 e. The average Bonchev–Trinajstić information content (AvgIpc) is 2.26. The van der Waals surface area contributed by atoms with Gasteiger partial charge in [-0.15, -0.1) is 0 Å². The quantitative estimate of drug-likeness (QED) is 0.705. The van der Waals surface area contributed by atoms with Gasteiger partial charge in [-0.25, -0.2) is 4.68 Å². The van der Waals surface area contributed by atoms with E-state index >= 15 is 0 Å². The number of rotatable bonds is 3. The van der Waals surface area contributed by atoms with Gasteiger partial charge in [0, 0.05) is 6.54 Å². The molecule has 0 aliphatic heterocycles. The standard InChI is InChI=1S/C7H14N4/c1-3-4-5-11-7(8)9-6(2)10-11/h3-5H2,1-2H3,(H2,8,9,10). The van der Waals surface area contributed by atoms with Crippen LogP contribution in [0.5, 0.6) is 0 Å². The Bertz CT molecular complexity index is 228.